The van der Waals surface area contributed by atoms with Crippen LogP contribution in [0.4, 0.5) is 11.5 Å². The molecule has 0 saturated carbocycles. The third-order valence-electron chi connectivity index (χ3n) is 4.66. The van der Waals surface area contributed by atoms with Crippen LogP contribution >= 0.6 is 15.9 Å². The van der Waals surface area contributed by atoms with Gasteiger partial charge in [-0.05, 0) is 29.8 Å². The van der Waals surface area contributed by atoms with Crippen molar-refractivity contribution in [2.45, 2.75) is 6.54 Å². The highest BCUT2D eigenvalue weighted by atomic mass is 79.9. The Balaban J connectivity index is 1.94. The standard InChI is InChI=1S/C23H19BrN2O2/c1-28-23(27)21-20-18(24)13-8-14-19(20)25-22(21)26(17-11-6-3-7-12-17)15-16-9-4-2-5-10-16/h2-14,25H,15H2,1H3. The van der Waals surface area contributed by atoms with Crippen molar-refractivity contribution in [3.63, 3.8) is 0 Å². The molecule has 0 unspecified atom stereocenters. The fourth-order valence-corrected chi connectivity index (χ4v) is 3.93. The quantitative estimate of drug-likeness (QED) is 0.388. The van der Waals surface area contributed by atoms with Gasteiger partial charge in [0.15, 0.2) is 0 Å². The van der Waals surface area contributed by atoms with Crippen LogP contribution in [-0.2, 0) is 11.3 Å². The molecule has 0 bridgehead atoms. The van der Waals surface area contributed by atoms with Gasteiger partial charge in [0.1, 0.15) is 11.4 Å². The van der Waals surface area contributed by atoms with Crippen LogP contribution in [0.25, 0.3) is 10.9 Å². The molecule has 5 heteroatoms. The molecule has 0 fully saturated rings. The van der Waals surface area contributed by atoms with E-state index in [9.17, 15) is 4.79 Å². The summed E-state index contributed by atoms with van der Waals surface area (Å²) in [7, 11) is 1.41. The lowest BCUT2D eigenvalue weighted by molar-refractivity contribution is 0.0604. The Bertz CT molecular complexity index is 1110. The number of ether oxygens (including phenoxy) is 1. The number of benzene rings is 3. The van der Waals surface area contributed by atoms with Crippen LogP contribution < -0.4 is 4.90 Å². The predicted molar refractivity (Wildman–Crippen MR) is 116 cm³/mol. The van der Waals surface area contributed by atoms with Gasteiger partial charge in [0.2, 0.25) is 0 Å². The molecule has 0 radical (unpaired) electrons. The first-order valence-corrected chi connectivity index (χ1v) is 9.73. The molecule has 0 atom stereocenters. The lowest BCUT2D eigenvalue weighted by Crippen LogP contribution is -2.19. The van der Waals surface area contributed by atoms with Gasteiger partial charge in [0.25, 0.3) is 0 Å². The van der Waals surface area contributed by atoms with Crippen LogP contribution in [0.1, 0.15) is 15.9 Å². The Labute approximate surface area is 171 Å². The maximum Gasteiger partial charge on any atom is 0.342 e. The molecule has 1 aromatic heterocycles. The molecule has 4 rings (SSSR count). The van der Waals surface area contributed by atoms with Crippen molar-refractivity contribution in [2.75, 3.05) is 12.0 Å². The topological polar surface area (TPSA) is 45.3 Å². The molecule has 0 aliphatic heterocycles. The van der Waals surface area contributed by atoms with E-state index in [0.29, 0.717) is 17.9 Å². The van der Waals surface area contributed by atoms with Crippen molar-refractivity contribution in [1.29, 1.82) is 0 Å². The monoisotopic (exact) mass is 434 g/mol. The number of methoxy groups -OCH3 is 1. The smallest absolute Gasteiger partial charge is 0.342 e. The van der Waals surface area contributed by atoms with E-state index in [1.807, 2.05) is 66.7 Å². The highest BCUT2D eigenvalue weighted by molar-refractivity contribution is 9.10. The minimum Gasteiger partial charge on any atom is -0.465 e. The van der Waals surface area contributed by atoms with E-state index in [0.717, 1.165) is 26.6 Å². The molecule has 1 heterocycles. The number of rotatable bonds is 5. The normalized spacial score (nSPS) is 10.8. The van der Waals surface area contributed by atoms with Crippen molar-refractivity contribution < 1.29 is 9.53 Å². The number of halogens is 1. The molecule has 3 aromatic carbocycles. The van der Waals surface area contributed by atoms with Gasteiger partial charge in [-0.15, -0.1) is 0 Å². The van der Waals surface area contributed by atoms with Crippen LogP contribution in [0.5, 0.6) is 0 Å². The third-order valence-corrected chi connectivity index (χ3v) is 5.33. The molecule has 0 saturated heterocycles. The number of esters is 1. The van der Waals surface area contributed by atoms with Crippen LogP contribution in [-0.4, -0.2) is 18.1 Å². The maximum atomic E-state index is 12.8. The number of para-hydroxylation sites is 1. The van der Waals surface area contributed by atoms with Crippen molar-refractivity contribution in [2.24, 2.45) is 0 Å². The fraction of sp³-hybridized carbons (Fsp3) is 0.0870. The largest absolute Gasteiger partial charge is 0.465 e. The molecule has 4 nitrogen and oxygen atoms in total. The van der Waals surface area contributed by atoms with E-state index < -0.39 is 0 Å². The Morgan fingerprint density at radius 2 is 1.64 bits per heavy atom. The second-order valence-corrected chi connectivity index (χ2v) is 7.26. The summed E-state index contributed by atoms with van der Waals surface area (Å²) in [6.45, 7) is 0.610. The summed E-state index contributed by atoms with van der Waals surface area (Å²) in [6.07, 6.45) is 0. The molecule has 28 heavy (non-hydrogen) atoms. The zero-order chi connectivity index (χ0) is 19.5. The summed E-state index contributed by atoms with van der Waals surface area (Å²) in [6, 6.07) is 26.0. The van der Waals surface area contributed by atoms with E-state index in [4.69, 9.17) is 4.74 Å². The summed E-state index contributed by atoms with van der Waals surface area (Å²) >= 11 is 3.58. The summed E-state index contributed by atoms with van der Waals surface area (Å²) in [5, 5.41) is 0.818. The summed E-state index contributed by atoms with van der Waals surface area (Å²) in [5.74, 6) is 0.339. The van der Waals surface area contributed by atoms with Gasteiger partial charge in [-0.1, -0.05) is 70.5 Å². The zero-order valence-corrected chi connectivity index (χ0v) is 16.9. The van der Waals surface area contributed by atoms with Gasteiger partial charge in [-0.2, -0.15) is 0 Å². The minimum atomic E-state index is -0.373. The number of nitrogens with one attached hydrogen (secondary N) is 1. The maximum absolute atomic E-state index is 12.8. The highest BCUT2D eigenvalue weighted by Gasteiger charge is 2.25. The van der Waals surface area contributed by atoms with Crippen molar-refractivity contribution in [3.05, 3.63) is 94.5 Å². The van der Waals surface area contributed by atoms with Crippen LogP contribution in [0, 0.1) is 0 Å². The van der Waals surface area contributed by atoms with E-state index in [2.05, 4.69) is 37.9 Å². The number of aromatic nitrogens is 1. The minimum absolute atomic E-state index is 0.373. The van der Waals surface area contributed by atoms with Crippen LogP contribution in [0.15, 0.2) is 83.3 Å². The Kier molecular flexibility index (Phi) is 5.17. The van der Waals surface area contributed by atoms with Crippen molar-refractivity contribution >= 4 is 44.3 Å². The van der Waals surface area contributed by atoms with E-state index in [1.165, 1.54) is 7.11 Å². The average molecular weight is 435 g/mol. The van der Waals surface area contributed by atoms with Gasteiger partial charge in [0, 0.05) is 27.6 Å². The lowest BCUT2D eigenvalue weighted by atomic mass is 10.1. The number of aromatic amines is 1. The third kappa shape index (κ3) is 3.41. The lowest BCUT2D eigenvalue weighted by Gasteiger charge is -2.25. The molecule has 0 spiro atoms. The Morgan fingerprint density at radius 3 is 2.32 bits per heavy atom. The van der Waals surface area contributed by atoms with Gasteiger partial charge < -0.3 is 14.6 Å². The van der Waals surface area contributed by atoms with Crippen LogP contribution in [0.2, 0.25) is 0 Å². The second-order valence-electron chi connectivity index (χ2n) is 6.41. The molecule has 1 N–H and O–H groups in total. The molecule has 140 valence electrons. The van der Waals surface area contributed by atoms with E-state index in [-0.39, 0.29) is 5.97 Å². The SMILES string of the molecule is COC(=O)c1c(N(Cc2ccccc2)c2ccccc2)[nH]c2cccc(Br)c12. The summed E-state index contributed by atoms with van der Waals surface area (Å²) in [5.41, 5.74) is 3.52. The average Bonchev–Trinajstić information content (AvgIpc) is 3.13. The first kappa shape index (κ1) is 18.3. The van der Waals surface area contributed by atoms with Gasteiger partial charge in [-0.3, -0.25) is 0 Å². The molecular weight excluding hydrogens is 416 g/mol. The number of nitrogens with zero attached hydrogens (tertiary/aromatic N) is 1. The second kappa shape index (κ2) is 7.90. The Hall–Kier alpha value is -3.05. The van der Waals surface area contributed by atoms with Gasteiger partial charge in [-0.25, -0.2) is 4.79 Å². The van der Waals surface area contributed by atoms with E-state index >= 15 is 0 Å². The Morgan fingerprint density at radius 1 is 0.964 bits per heavy atom. The molecule has 0 amide bonds. The van der Waals surface area contributed by atoms with Gasteiger partial charge >= 0.3 is 5.97 Å². The molecule has 0 aliphatic rings. The predicted octanol–water partition coefficient (Wildman–Crippen LogP) is 6.06. The number of anilines is 2. The van der Waals surface area contributed by atoms with Crippen molar-refractivity contribution in [1.82, 2.24) is 4.98 Å². The zero-order valence-electron chi connectivity index (χ0n) is 15.4. The van der Waals surface area contributed by atoms with Crippen LogP contribution in [0.3, 0.4) is 0 Å². The molecular formula is C23H19BrN2O2. The van der Waals surface area contributed by atoms with Crippen molar-refractivity contribution in [3.8, 4) is 0 Å². The number of hydrogen-bond acceptors (Lipinski definition) is 3. The first-order valence-electron chi connectivity index (χ1n) is 8.94. The van der Waals surface area contributed by atoms with Gasteiger partial charge in [0.05, 0.1) is 7.11 Å². The summed E-state index contributed by atoms with van der Waals surface area (Å²) in [4.78, 5) is 18.3. The number of H-pyrrole nitrogens is 1. The number of hydrogen-bond donors (Lipinski definition) is 1. The number of carbonyl (C=O) groups is 1. The highest BCUT2D eigenvalue weighted by Crippen LogP contribution is 2.38. The molecule has 4 aromatic rings. The molecule has 0 aliphatic carbocycles. The first-order chi connectivity index (χ1) is 13.7. The number of carbonyl (C=O) groups excluding carboxylic acids is 1. The summed E-state index contributed by atoms with van der Waals surface area (Å²) < 4.78 is 5.98. The van der Waals surface area contributed by atoms with E-state index in [1.54, 1.807) is 0 Å². The number of fused-ring (bicyclic) bond motifs is 1. The fourth-order valence-electron chi connectivity index (χ4n) is 3.37.